The van der Waals surface area contributed by atoms with Crippen LogP contribution < -0.4 is 25.4 Å². The van der Waals surface area contributed by atoms with Crippen molar-refractivity contribution >= 4 is 29.9 Å². The van der Waals surface area contributed by atoms with Crippen molar-refractivity contribution in [3.05, 3.63) is 18.2 Å². The van der Waals surface area contributed by atoms with Gasteiger partial charge in [-0.05, 0) is 50.9 Å². The van der Waals surface area contributed by atoms with Crippen LogP contribution in [0.25, 0.3) is 0 Å². The minimum Gasteiger partial charge on any atom is -0.493 e. The Morgan fingerprint density at radius 3 is 2.54 bits per heavy atom. The average Bonchev–Trinajstić information content (AvgIpc) is 3.45. The average molecular weight is 384 g/mol. The van der Waals surface area contributed by atoms with Crippen molar-refractivity contribution in [2.45, 2.75) is 31.7 Å². The van der Waals surface area contributed by atoms with Crippen LogP contribution >= 0.6 is 12.4 Å². The lowest BCUT2D eigenvalue weighted by atomic mass is 9.97. The van der Waals surface area contributed by atoms with E-state index in [4.69, 9.17) is 9.47 Å². The van der Waals surface area contributed by atoms with Gasteiger partial charge < -0.3 is 25.4 Å². The smallest absolute Gasteiger partial charge is 0.258 e. The van der Waals surface area contributed by atoms with Crippen molar-refractivity contribution in [3.63, 3.8) is 0 Å². The monoisotopic (exact) mass is 383 g/mol. The zero-order chi connectivity index (χ0) is 17.6. The first-order chi connectivity index (χ1) is 12.2. The molecule has 0 aromatic heterocycles. The van der Waals surface area contributed by atoms with Crippen molar-refractivity contribution in [1.82, 2.24) is 10.6 Å². The predicted molar refractivity (Wildman–Crippen MR) is 101 cm³/mol. The maximum absolute atomic E-state index is 12.4. The number of hydrogen-bond acceptors (Lipinski definition) is 5. The third kappa shape index (κ3) is 5.78. The summed E-state index contributed by atoms with van der Waals surface area (Å²) in [6.45, 7) is 1.66. The molecule has 0 atom stereocenters. The van der Waals surface area contributed by atoms with Crippen molar-refractivity contribution < 1.29 is 19.1 Å². The fourth-order valence-corrected chi connectivity index (χ4v) is 2.84. The van der Waals surface area contributed by atoms with Crippen molar-refractivity contribution in [3.8, 4) is 11.5 Å². The molecule has 7 nitrogen and oxygen atoms in total. The van der Waals surface area contributed by atoms with Crippen LogP contribution in [-0.2, 0) is 9.59 Å². The minimum atomic E-state index is -0.145. The first-order valence-electron chi connectivity index (χ1n) is 8.77. The third-order valence-corrected chi connectivity index (χ3v) is 4.44. The van der Waals surface area contributed by atoms with Crippen LogP contribution in [-0.4, -0.2) is 44.7 Å². The summed E-state index contributed by atoms with van der Waals surface area (Å²) in [5.74, 6) is 0.866. The maximum Gasteiger partial charge on any atom is 0.258 e. The molecule has 2 fully saturated rings. The number of carbonyl (C=O) groups is 2. The van der Waals surface area contributed by atoms with E-state index in [9.17, 15) is 9.59 Å². The molecule has 1 aliphatic heterocycles. The Bertz CT molecular complexity index is 631. The van der Waals surface area contributed by atoms with Crippen molar-refractivity contribution in [1.29, 1.82) is 0 Å². The highest BCUT2D eigenvalue weighted by atomic mass is 35.5. The molecule has 3 N–H and O–H groups in total. The molecular formula is C18H26ClN3O4. The van der Waals surface area contributed by atoms with E-state index in [1.807, 2.05) is 0 Å². The van der Waals surface area contributed by atoms with E-state index < -0.39 is 0 Å². The Labute approximate surface area is 159 Å². The van der Waals surface area contributed by atoms with E-state index in [1.54, 1.807) is 25.3 Å². The van der Waals surface area contributed by atoms with Gasteiger partial charge in [0.05, 0.1) is 7.11 Å². The first kappa shape index (κ1) is 20.3. The van der Waals surface area contributed by atoms with E-state index in [0.29, 0.717) is 23.2 Å². The molecule has 1 aromatic carbocycles. The number of piperidine rings is 1. The van der Waals surface area contributed by atoms with Gasteiger partial charge in [0.2, 0.25) is 5.91 Å². The predicted octanol–water partition coefficient (Wildman–Crippen LogP) is 1.71. The van der Waals surface area contributed by atoms with Crippen LogP contribution in [0.3, 0.4) is 0 Å². The Kier molecular flexibility index (Phi) is 7.53. The lowest BCUT2D eigenvalue weighted by molar-refractivity contribution is -0.123. The second-order valence-electron chi connectivity index (χ2n) is 6.51. The molecule has 1 heterocycles. The van der Waals surface area contributed by atoms with E-state index in [0.717, 1.165) is 38.8 Å². The Balaban J connectivity index is 0.00000243. The van der Waals surface area contributed by atoms with Crippen LogP contribution in [0.4, 0.5) is 5.69 Å². The quantitative estimate of drug-likeness (QED) is 0.667. The van der Waals surface area contributed by atoms with Crippen molar-refractivity contribution in [2.24, 2.45) is 5.92 Å². The number of hydrogen-bond donors (Lipinski definition) is 3. The molecule has 1 saturated carbocycles. The summed E-state index contributed by atoms with van der Waals surface area (Å²) in [5.41, 5.74) is 0.641. The Morgan fingerprint density at radius 2 is 1.88 bits per heavy atom. The Morgan fingerprint density at radius 1 is 1.15 bits per heavy atom. The summed E-state index contributed by atoms with van der Waals surface area (Å²) < 4.78 is 10.9. The van der Waals surface area contributed by atoms with Gasteiger partial charge >= 0.3 is 0 Å². The largest absolute Gasteiger partial charge is 0.493 e. The molecule has 3 rings (SSSR count). The van der Waals surface area contributed by atoms with Gasteiger partial charge in [0.25, 0.3) is 5.91 Å². The van der Waals surface area contributed by atoms with Gasteiger partial charge in [0, 0.05) is 23.7 Å². The minimum absolute atomic E-state index is 0. The van der Waals surface area contributed by atoms with Gasteiger partial charge in [-0.15, -0.1) is 12.4 Å². The number of anilines is 1. The van der Waals surface area contributed by atoms with Crippen LogP contribution in [0.15, 0.2) is 18.2 Å². The lowest BCUT2D eigenvalue weighted by Crippen LogP contribution is -2.34. The standard InChI is InChI=1S/C18H25N3O4.ClH/c1-24-15-5-4-14(21-18(23)12-6-8-19-9-7-12)10-16(15)25-11-17(22)20-13-2-3-13;/h4-5,10,12-13,19H,2-3,6-9,11H2,1H3,(H,20,22)(H,21,23);1H. The van der Waals surface area contributed by atoms with Crippen molar-refractivity contribution in [2.75, 3.05) is 32.1 Å². The zero-order valence-corrected chi connectivity index (χ0v) is 15.7. The van der Waals surface area contributed by atoms with E-state index >= 15 is 0 Å². The molecule has 0 radical (unpaired) electrons. The van der Waals surface area contributed by atoms with Gasteiger partial charge in [-0.25, -0.2) is 0 Å². The van der Waals surface area contributed by atoms with Gasteiger partial charge in [-0.3, -0.25) is 9.59 Å². The van der Waals surface area contributed by atoms with E-state index in [1.165, 1.54) is 0 Å². The van der Waals surface area contributed by atoms with Gasteiger partial charge in [0.15, 0.2) is 18.1 Å². The molecular weight excluding hydrogens is 358 g/mol. The molecule has 0 unspecified atom stereocenters. The van der Waals surface area contributed by atoms with Gasteiger partial charge in [-0.1, -0.05) is 0 Å². The third-order valence-electron chi connectivity index (χ3n) is 4.44. The lowest BCUT2D eigenvalue weighted by Gasteiger charge is -2.22. The van der Waals surface area contributed by atoms with Crippen LogP contribution in [0.1, 0.15) is 25.7 Å². The number of methoxy groups -OCH3 is 1. The van der Waals surface area contributed by atoms with Crippen LogP contribution in [0.2, 0.25) is 0 Å². The first-order valence-corrected chi connectivity index (χ1v) is 8.77. The zero-order valence-electron chi connectivity index (χ0n) is 14.9. The molecule has 1 saturated heterocycles. The molecule has 1 aliphatic carbocycles. The summed E-state index contributed by atoms with van der Waals surface area (Å²) in [4.78, 5) is 24.1. The summed E-state index contributed by atoms with van der Waals surface area (Å²) in [5, 5.41) is 9.05. The van der Waals surface area contributed by atoms with Crippen LogP contribution in [0.5, 0.6) is 11.5 Å². The number of ether oxygens (including phenoxy) is 2. The Hall–Kier alpha value is -1.99. The number of amides is 2. The summed E-state index contributed by atoms with van der Waals surface area (Å²) in [6.07, 6.45) is 3.75. The number of carbonyl (C=O) groups excluding carboxylic acids is 2. The number of benzene rings is 1. The molecule has 2 amide bonds. The van der Waals surface area contributed by atoms with Gasteiger partial charge in [-0.2, -0.15) is 0 Å². The normalized spacial score (nSPS) is 17.0. The summed E-state index contributed by atoms with van der Waals surface area (Å²) in [6, 6.07) is 5.50. The number of rotatable bonds is 7. The number of nitrogens with one attached hydrogen (secondary N) is 3. The second-order valence-corrected chi connectivity index (χ2v) is 6.51. The van der Waals surface area contributed by atoms with Gasteiger partial charge in [0.1, 0.15) is 0 Å². The molecule has 0 spiro atoms. The molecule has 144 valence electrons. The summed E-state index contributed by atoms with van der Waals surface area (Å²) >= 11 is 0. The molecule has 26 heavy (non-hydrogen) atoms. The highest BCUT2D eigenvalue weighted by molar-refractivity contribution is 5.93. The fraction of sp³-hybridized carbons (Fsp3) is 0.556. The molecule has 0 bridgehead atoms. The van der Waals surface area contributed by atoms with Crippen LogP contribution in [0, 0.1) is 5.92 Å². The second kappa shape index (κ2) is 9.64. The topological polar surface area (TPSA) is 88.7 Å². The van der Waals surface area contributed by atoms with E-state index in [-0.39, 0.29) is 36.7 Å². The maximum atomic E-state index is 12.4. The fourth-order valence-electron chi connectivity index (χ4n) is 2.84. The summed E-state index contributed by atoms with van der Waals surface area (Å²) in [7, 11) is 1.54. The highest BCUT2D eigenvalue weighted by Gasteiger charge is 2.24. The van der Waals surface area contributed by atoms with E-state index in [2.05, 4.69) is 16.0 Å². The highest BCUT2D eigenvalue weighted by Crippen LogP contribution is 2.30. The molecule has 2 aliphatic rings. The molecule has 8 heteroatoms. The molecule has 1 aromatic rings. The SMILES string of the molecule is COc1ccc(NC(=O)C2CCNCC2)cc1OCC(=O)NC1CC1.Cl. The number of halogens is 1.